The number of carbonyl (C=O) groups excluding carboxylic acids is 1. The van der Waals surface area contributed by atoms with Gasteiger partial charge in [-0.05, 0) is 19.9 Å². The van der Waals surface area contributed by atoms with Crippen molar-refractivity contribution in [3.63, 3.8) is 0 Å². The molecule has 0 aliphatic heterocycles. The highest BCUT2D eigenvalue weighted by atomic mass is 16.6. The molecule has 10 nitrogen and oxygen atoms in total. The fraction of sp³-hybridized carbons (Fsp3) is 0.333. The maximum Gasteiger partial charge on any atom is 0.295 e. The molecule has 10 heteroatoms. The minimum absolute atomic E-state index is 0.108. The van der Waals surface area contributed by atoms with Gasteiger partial charge in [-0.3, -0.25) is 14.9 Å². The minimum atomic E-state index is -0.493. The second kappa shape index (κ2) is 9.90. The van der Waals surface area contributed by atoms with Gasteiger partial charge in [0.25, 0.3) is 5.69 Å². The van der Waals surface area contributed by atoms with Crippen molar-refractivity contribution in [3.05, 3.63) is 52.8 Å². The summed E-state index contributed by atoms with van der Waals surface area (Å²) in [5.41, 5.74) is 1.11. The number of methoxy groups -OCH3 is 1. The second-order valence-corrected chi connectivity index (χ2v) is 6.99. The zero-order valence-electron chi connectivity index (χ0n) is 17.5. The summed E-state index contributed by atoms with van der Waals surface area (Å²) in [6, 6.07) is 9.63. The summed E-state index contributed by atoms with van der Waals surface area (Å²) in [7, 11) is 1.52. The first-order valence-corrected chi connectivity index (χ1v) is 9.69. The number of ether oxygens (including phenoxy) is 3. The molecule has 2 aromatic carbocycles. The molecule has 1 aromatic heterocycles. The summed E-state index contributed by atoms with van der Waals surface area (Å²) in [6.45, 7) is 4.53. The first kappa shape index (κ1) is 22.0. The van der Waals surface area contributed by atoms with Gasteiger partial charge in [-0.1, -0.05) is 6.07 Å². The number of anilines is 1. The number of rotatable bonds is 10. The molecule has 31 heavy (non-hydrogen) atoms. The van der Waals surface area contributed by atoms with Gasteiger partial charge >= 0.3 is 0 Å². The third kappa shape index (κ3) is 5.70. The van der Waals surface area contributed by atoms with Crippen LogP contribution >= 0.6 is 0 Å². The van der Waals surface area contributed by atoms with Crippen LogP contribution in [0.5, 0.6) is 11.5 Å². The molecule has 164 valence electrons. The molecule has 1 amide bonds. The Morgan fingerprint density at radius 1 is 1.23 bits per heavy atom. The molecule has 0 aliphatic rings. The normalized spacial score (nSPS) is 11.0. The fourth-order valence-corrected chi connectivity index (χ4v) is 3.02. The second-order valence-electron chi connectivity index (χ2n) is 6.99. The first-order valence-electron chi connectivity index (χ1n) is 9.69. The molecule has 0 bridgehead atoms. The number of hydrogen-bond donors (Lipinski definition) is 1. The minimum Gasteiger partial charge on any atom is -0.497 e. The van der Waals surface area contributed by atoms with Gasteiger partial charge in [0, 0.05) is 30.0 Å². The van der Waals surface area contributed by atoms with E-state index in [4.69, 9.17) is 14.2 Å². The van der Waals surface area contributed by atoms with E-state index < -0.39 is 4.92 Å². The molecule has 0 radical (unpaired) electrons. The Labute approximate surface area is 178 Å². The lowest BCUT2D eigenvalue weighted by molar-refractivity contribution is -0.383. The van der Waals surface area contributed by atoms with Gasteiger partial charge < -0.3 is 24.1 Å². The van der Waals surface area contributed by atoms with Crippen molar-refractivity contribution in [1.29, 1.82) is 0 Å². The molecule has 0 fully saturated rings. The Hall–Kier alpha value is -3.66. The summed E-state index contributed by atoms with van der Waals surface area (Å²) in [5.74, 6) is 0.659. The number of aromatic nitrogens is 2. The van der Waals surface area contributed by atoms with Crippen molar-refractivity contribution in [1.82, 2.24) is 9.55 Å². The van der Waals surface area contributed by atoms with Crippen LogP contribution in [0.2, 0.25) is 0 Å². The maximum absolute atomic E-state index is 12.6. The van der Waals surface area contributed by atoms with Gasteiger partial charge in [-0.15, -0.1) is 0 Å². The zero-order valence-corrected chi connectivity index (χ0v) is 17.5. The third-order valence-corrected chi connectivity index (χ3v) is 4.33. The number of benzene rings is 2. The number of nitro benzene ring substituents is 1. The van der Waals surface area contributed by atoms with Crippen LogP contribution in [0, 0.1) is 10.1 Å². The maximum atomic E-state index is 12.6. The number of imidazole rings is 1. The average Bonchev–Trinajstić information content (AvgIpc) is 3.13. The van der Waals surface area contributed by atoms with Gasteiger partial charge in [-0.25, -0.2) is 4.98 Å². The predicted molar refractivity (Wildman–Crippen MR) is 115 cm³/mol. The summed E-state index contributed by atoms with van der Waals surface area (Å²) in [6.07, 6.45) is 1.52. The highest BCUT2D eigenvalue weighted by Crippen LogP contribution is 2.27. The molecule has 0 spiro atoms. The molecule has 0 aliphatic carbocycles. The smallest absolute Gasteiger partial charge is 0.295 e. The van der Waals surface area contributed by atoms with Crippen LogP contribution in [-0.2, 0) is 16.1 Å². The molecular formula is C21H24N4O6. The van der Waals surface area contributed by atoms with E-state index in [1.807, 2.05) is 13.8 Å². The number of nitrogens with zero attached hydrogens (tertiary/aromatic N) is 3. The van der Waals surface area contributed by atoms with Crippen molar-refractivity contribution in [3.8, 4) is 11.5 Å². The molecule has 0 saturated heterocycles. The van der Waals surface area contributed by atoms with E-state index in [2.05, 4.69) is 10.3 Å². The molecule has 3 rings (SSSR count). The van der Waals surface area contributed by atoms with Crippen LogP contribution < -0.4 is 14.8 Å². The van der Waals surface area contributed by atoms with Crippen LogP contribution in [0.15, 0.2) is 42.7 Å². The lowest BCUT2D eigenvalue weighted by Gasteiger charge is -2.13. The molecule has 1 N–H and O–H groups in total. The fourth-order valence-electron chi connectivity index (χ4n) is 3.02. The van der Waals surface area contributed by atoms with Gasteiger partial charge in [-0.2, -0.15) is 0 Å². The van der Waals surface area contributed by atoms with E-state index in [0.29, 0.717) is 41.4 Å². The number of fused-ring (bicyclic) bond motifs is 1. The van der Waals surface area contributed by atoms with Gasteiger partial charge in [0.15, 0.2) is 0 Å². The monoisotopic (exact) mass is 428 g/mol. The van der Waals surface area contributed by atoms with Gasteiger partial charge in [0.1, 0.15) is 30.2 Å². The summed E-state index contributed by atoms with van der Waals surface area (Å²) >= 11 is 0. The van der Waals surface area contributed by atoms with E-state index in [9.17, 15) is 14.9 Å². The topological polar surface area (TPSA) is 118 Å². The van der Waals surface area contributed by atoms with E-state index in [1.165, 1.54) is 24.1 Å². The summed E-state index contributed by atoms with van der Waals surface area (Å²) in [5, 5.41) is 14.1. The zero-order chi connectivity index (χ0) is 22.4. The molecule has 0 unspecified atom stereocenters. The largest absolute Gasteiger partial charge is 0.497 e. The lowest BCUT2D eigenvalue weighted by atomic mass is 10.2. The highest BCUT2D eigenvalue weighted by Gasteiger charge is 2.18. The van der Waals surface area contributed by atoms with E-state index in [1.54, 1.807) is 30.3 Å². The van der Waals surface area contributed by atoms with Gasteiger partial charge in [0.2, 0.25) is 5.91 Å². The van der Waals surface area contributed by atoms with Crippen LogP contribution in [-0.4, -0.2) is 46.8 Å². The Balaban J connectivity index is 1.72. The Morgan fingerprint density at radius 2 is 2.00 bits per heavy atom. The Morgan fingerprint density at radius 3 is 2.71 bits per heavy atom. The van der Waals surface area contributed by atoms with Crippen LogP contribution in [0.1, 0.15) is 13.8 Å². The SMILES string of the molecule is COc1cc(NC(=O)Cn2cnc3cccc([N+](=O)[O-])c32)cc(OCCOC(C)C)c1. The molecule has 1 heterocycles. The highest BCUT2D eigenvalue weighted by molar-refractivity contribution is 5.93. The first-order chi connectivity index (χ1) is 14.9. The number of nitrogens with one attached hydrogen (secondary N) is 1. The van der Waals surface area contributed by atoms with Gasteiger partial charge in [0.05, 0.1) is 36.6 Å². The van der Waals surface area contributed by atoms with Crippen LogP contribution in [0.25, 0.3) is 11.0 Å². The molecule has 3 aromatic rings. The number of carbonyl (C=O) groups is 1. The number of para-hydroxylation sites is 1. The lowest BCUT2D eigenvalue weighted by Crippen LogP contribution is -2.18. The summed E-state index contributed by atoms with van der Waals surface area (Å²) < 4.78 is 17.9. The van der Waals surface area contributed by atoms with Crippen molar-refractivity contribution < 1.29 is 23.9 Å². The van der Waals surface area contributed by atoms with Crippen LogP contribution in [0.3, 0.4) is 0 Å². The Bertz CT molecular complexity index is 1080. The number of hydrogen-bond acceptors (Lipinski definition) is 7. The number of nitro groups is 1. The third-order valence-electron chi connectivity index (χ3n) is 4.33. The van der Waals surface area contributed by atoms with E-state index in [0.717, 1.165) is 0 Å². The molecular weight excluding hydrogens is 404 g/mol. The predicted octanol–water partition coefficient (Wildman–Crippen LogP) is 3.40. The molecule has 0 saturated carbocycles. The quantitative estimate of drug-likeness (QED) is 0.299. The standard InChI is InChI=1S/C21H24N4O6/c1-14(2)30-7-8-31-17-10-15(9-16(11-17)29-3)23-20(26)12-24-13-22-18-5-4-6-19(21(18)24)25(27)28/h4-6,9-11,13-14H,7-8,12H2,1-3H3,(H,23,26). The molecule has 0 atom stereocenters. The van der Waals surface area contributed by atoms with E-state index >= 15 is 0 Å². The summed E-state index contributed by atoms with van der Waals surface area (Å²) in [4.78, 5) is 27.6. The average molecular weight is 428 g/mol. The van der Waals surface area contributed by atoms with Crippen molar-refractivity contribution in [2.45, 2.75) is 26.5 Å². The number of amides is 1. The van der Waals surface area contributed by atoms with Crippen molar-refractivity contribution in [2.75, 3.05) is 25.6 Å². The van der Waals surface area contributed by atoms with Crippen molar-refractivity contribution >= 4 is 28.3 Å². The van der Waals surface area contributed by atoms with E-state index in [-0.39, 0.29) is 24.2 Å². The Kier molecular flexibility index (Phi) is 7.03. The van der Waals surface area contributed by atoms with Crippen LogP contribution in [0.4, 0.5) is 11.4 Å². The van der Waals surface area contributed by atoms with Crippen molar-refractivity contribution in [2.24, 2.45) is 0 Å². The number of non-ortho nitro benzene ring substituents is 1.